The molecule has 2 heterocycles. The van der Waals surface area contributed by atoms with E-state index >= 15 is 0 Å². The number of benzene rings is 2. The molecule has 0 radical (unpaired) electrons. The maximum absolute atomic E-state index is 12.8. The van der Waals surface area contributed by atoms with Crippen LogP contribution in [0.15, 0.2) is 60.9 Å². The Hall–Kier alpha value is -4.14. The maximum atomic E-state index is 12.8. The lowest BCUT2D eigenvalue weighted by Gasteiger charge is -2.24. The van der Waals surface area contributed by atoms with Crippen molar-refractivity contribution in [3.8, 4) is 5.75 Å². The molecule has 1 aliphatic rings. The normalized spacial score (nSPS) is 13.8. The van der Waals surface area contributed by atoms with Crippen LogP contribution in [-0.2, 0) is 0 Å². The van der Waals surface area contributed by atoms with Gasteiger partial charge in [0.2, 0.25) is 5.95 Å². The topological polar surface area (TPSA) is 108 Å². The van der Waals surface area contributed by atoms with E-state index in [0.29, 0.717) is 23.8 Å². The van der Waals surface area contributed by atoms with Crippen LogP contribution in [-0.4, -0.2) is 60.2 Å². The number of para-hydroxylation sites is 1. The number of nitrogens with one attached hydrogen (secondary N) is 1. The van der Waals surface area contributed by atoms with Crippen molar-refractivity contribution in [1.29, 1.82) is 0 Å². The molecule has 1 aromatic heterocycles. The summed E-state index contributed by atoms with van der Waals surface area (Å²) in [5.74, 6) is -0.433. The van der Waals surface area contributed by atoms with Crippen molar-refractivity contribution in [1.82, 2.24) is 9.97 Å². The lowest BCUT2D eigenvalue weighted by Crippen LogP contribution is -2.31. The number of hydrogen-bond donors (Lipinski definition) is 2. The number of carboxylic acids is 1. The molecule has 2 aromatic carbocycles. The van der Waals surface area contributed by atoms with Gasteiger partial charge in [-0.05, 0) is 42.8 Å². The van der Waals surface area contributed by atoms with Crippen molar-refractivity contribution < 1.29 is 19.4 Å². The summed E-state index contributed by atoms with van der Waals surface area (Å²) in [5, 5.41) is 12.5. The van der Waals surface area contributed by atoms with Crippen molar-refractivity contribution >= 4 is 29.2 Å². The van der Waals surface area contributed by atoms with Gasteiger partial charge in [-0.15, -0.1) is 0 Å². The molecule has 1 aliphatic heterocycles. The second-order valence-electron chi connectivity index (χ2n) is 7.57. The molecule has 0 saturated carbocycles. The third-order valence-corrected chi connectivity index (χ3v) is 5.53. The number of carbonyl (C=O) groups excluding carboxylic acids is 1. The zero-order valence-corrected chi connectivity index (χ0v) is 18.3. The first-order valence-electron chi connectivity index (χ1n) is 10.7. The Morgan fingerprint density at radius 3 is 2.42 bits per heavy atom. The molecular weight excluding hydrogens is 422 g/mol. The highest BCUT2D eigenvalue weighted by molar-refractivity contribution is 6.09. The molecule has 0 atom stereocenters. The Labute approximate surface area is 191 Å². The third kappa shape index (κ3) is 5.03. The number of aromatic nitrogens is 2. The molecule has 0 bridgehead atoms. The summed E-state index contributed by atoms with van der Waals surface area (Å²) in [6.45, 7) is 3.01. The Balaban J connectivity index is 1.52. The molecular formula is C24H25N5O4. The molecule has 170 valence electrons. The fourth-order valence-corrected chi connectivity index (χ4v) is 3.87. The van der Waals surface area contributed by atoms with E-state index < -0.39 is 11.9 Å². The van der Waals surface area contributed by atoms with Gasteiger partial charge in [0.05, 0.1) is 23.9 Å². The summed E-state index contributed by atoms with van der Waals surface area (Å²) in [6, 6.07) is 13.7. The van der Waals surface area contributed by atoms with E-state index in [1.165, 1.54) is 7.11 Å². The number of ether oxygens (including phenoxy) is 1. The molecule has 0 spiro atoms. The fraction of sp³-hybridized carbons (Fsp3) is 0.250. The summed E-state index contributed by atoms with van der Waals surface area (Å²) in [5.41, 5.74) is 1.38. The molecule has 33 heavy (non-hydrogen) atoms. The molecule has 0 aliphatic carbocycles. The van der Waals surface area contributed by atoms with Gasteiger partial charge in [0, 0.05) is 44.3 Å². The third-order valence-electron chi connectivity index (χ3n) is 5.53. The summed E-state index contributed by atoms with van der Waals surface area (Å²) < 4.78 is 5.24. The number of aromatic carboxylic acids is 1. The van der Waals surface area contributed by atoms with E-state index in [1.54, 1.807) is 54.9 Å². The van der Waals surface area contributed by atoms with Crippen LogP contribution in [0.1, 0.15) is 27.1 Å². The first kappa shape index (κ1) is 22.1. The number of rotatable bonds is 6. The van der Waals surface area contributed by atoms with Crippen LogP contribution in [0, 0.1) is 0 Å². The van der Waals surface area contributed by atoms with E-state index in [9.17, 15) is 14.7 Å². The quantitative estimate of drug-likeness (QED) is 0.593. The average Bonchev–Trinajstić information content (AvgIpc) is 3.11. The van der Waals surface area contributed by atoms with Crippen LogP contribution >= 0.6 is 0 Å². The summed E-state index contributed by atoms with van der Waals surface area (Å²) >= 11 is 0. The number of methoxy groups -OCH3 is 1. The van der Waals surface area contributed by atoms with Crippen LogP contribution in [0.25, 0.3) is 0 Å². The van der Waals surface area contributed by atoms with Crippen molar-refractivity contribution in [2.75, 3.05) is 48.4 Å². The number of carbonyl (C=O) groups is 2. The standard InChI is InChI=1S/C24H25N5O4/c1-33-21-7-3-2-6-18(21)22(30)27-20-9-8-17(16-19(20)23(31)32)28-12-5-13-29(15-14-28)24-25-10-4-11-26-24/h2-4,6-11,16H,5,12-15H2,1H3,(H,27,30)(H,31,32). The Morgan fingerprint density at radius 1 is 0.939 bits per heavy atom. The van der Waals surface area contributed by atoms with Gasteiger partial charge in [0.25, 0.3) is 5.91 Å². The van der Waals surface area contributed by atoms with Crippen molar-refractivity contribution in [2.24, 2.45) is 0 Å². The minimum atomic E-state index is -1.11. The Morgan fingerprint density at radius 2 is 1.67 bits per heavy atom. The van der Waals surface area contributed by atoms with Gasteiger partial charge in [-0.1, -0.05) is 12.1 Å². The van der Waals surface area contributed by atoms with E-state index in [-0.39, 0.29) is 11.3 Å². The molecule has 9 heteroatoms. The van der Waals surface area contributed by atoms with Gasteiger partial charge in [0.1, 0.15) is 5.75 Å². The van der Waals surface area contributed by atoms with E-state index in [0.717, 1.165) is 31.7 Å². The summed E-state index contributed by atoms with van der Waals surface area (Å²) in [6.07, 6.45) is 4.33. The molecule has 4 rings (SSSR count). The van der Waals surface area contributed by atoms with Crippen LogP contribution in [0.3, 0.4) is 0 Å². The van der Waals surface area contributed by atoms with E-state index in [1.807, 2.05) is 6.07 Å². The largest absolute Gasteiger partial charge is 0.496 e. The van der Waals surface area contributed by atoms with Crippen molar-refractivity contribution in [2.45, 2.75) is 6.42 Å². The monoisotopic (exact) mass is 447 g/mol. The highest BCUT2D eigenvalue weighted by atomic mass is 16.5. The van der Waals surface area contributed by atoms with Crippen LogP contribution in [0.5, 0.6) is 5.75 Å². The van der Waals surface area contributed by atoms with Gasteiger partial charge < -0.3 is 25.0 Å². The SMILES string of the molecule is COc1ccccc1C(=O)Nc1ccc(N2CCCN(c3ncccn3)CC2)cc1C(=O)O. The molecule has 1 fully saturated rings. The Bertz CT molecular complexity index is 1140. The number of hydrogen-bond acceptors (Lipinski definition) is 7. The molecule has 1 amide bonds. The first-order chi connectivity index (χ1) is 16.1. The zero-order chi connectivity index (χ0) is 23.2. The smallest absolute Gasteiger partial charge is 0.337 e. The summed E-state index contributed by atoms with van der Waals surface area (Å²) in [4.78, 5) is 37.7. The fourth-order valence-electron chi connectivity index (χ4n) is 3.87. The second kappa shape index (κ2) is 9.99. The van der Waals surface area contributed by atoms with E-state index in [4.69, 9.17) is 4.74 Å². The van der Waals surface area contributed by atoms with Crippen LogP contribution in [0.4, 0.5) is 17.3 Å². The number of nitrogens with zero attached hydrogens (tertiary/aromatic N) is 4. The molecule has 1 saturated heterocycles. The lowest BCUT2D eigenvalue weighted by molar-refractivity contribution is 0.0698. The van der Waals surface area contributed by atoms with Gasteiger partial charge >= 0.3 is 5.97 Å². The molecule has 9 nitrogen and oxygen atoms in total. The first-order valence-corrected chi connectivity index (χ1v) is 10.7. The molecule has 3 aromatic rings. The second-order valence-corrected chi connectivity index (χ2v) is 7.57. The van der Waals surface area contributed by atoms with Crippen molar-refractivity contribution in [3.05, 3.63) is 72.1 Å². The van der Waals surface area contributed by atoms with Crippen LogP contribution < -0.4 is 19.9 Å². The summed E-state index contributed by atoms with van der Waals surface area (Å²) in [7, 11) is 1.48. The van der Waals surface area contributed by atoms with Crippen molar-refractivity contribution in [3.63, 3.8) is 0 Å². The molecule has 2 N–H and O–H groups in total. The highest BCUT2D eigenvalue weighted by Gasteiger charge is 2.21. The lowest BCUT2D eigenvalue weighted by atomic mass is 10.1. The zero-order valence-electron chi connectivity index (χ0n) is 18.3. The number of anilines is 3. The highest BCUT2D eigenvalue weighted by Crippen LogP contribution is 2.27. The predicted octanol–water partition coefficient (Wildman–Crippen LogP) is 3.15. The van der Waals surface area contributed by atoms with E-state index in [2.05, 4.69) is 25.1 Å². The average molecular weight is 447 g/mol. The number of carboxylic acid groups (broad SMARTS) is 1. The van der Waals surface area contributed by atoms with Crippen LogP contribution in [0.2, 0.25) is 0 Å². The minimum Gasteiger partial charge on any atom is -0.496 e. The number of amides is 1. The minimum absolute atomic E-state index is 0.0308. The molecule has 0 unspecified atom stereocenters. The van der Waals surface area contributed by atoms with Gasteiger partial charge in [0.15, 0.2) is 0 Å². The Kier molecular flexibility index (Phi) is 6.68. The van der Waals surface area contributed by atoms with Gasteiger partial charge in [-0.2, -0.15) is 0 Å². The maximum Gasteiger partial charge on any atom is 0.337 e. The van der Waals surface area contributed by atoms with Gasteiger partial charge in [-0.3, -0.25) is 4.79 Å². The predicted molar refractivity (Wildman–Crippen MR) is 125 cm³/mol. The van der Waals surface area contributed by atoms with Gasteiger partial charge in [-0.25, -0.2) is 14.8 Å².